The monoisotopic (exact) mass is 864 g/mol. The highest BCUT2D eigenvalue weighted by atomic mass is 19.1. The smallest absolute Gasteiger partial charge is 0.399 e. The highest BCUT2D eigenvalue weighted by molar-refractivity contribution is 6.63. The van der Waals surface area contributed by atoms with E-state index < -0.39 is 72.8 Å². The normalized spacial score (nSPS) is 20.0. The van der Waals surface area contributed by atoms with Crippen LogP contribution in [0.5, 0.6) is 0 Å². The Morgan fingerprint density at radius 2 is 0.540 bits per heavy atom. The van der Waals surface area contributed by atoms with Gasteiger partial charge in [-0.25, -0.2) is 14.0 Å². The van der Waals surface area contributed by atoms with E-state index in [1.54, 1.807) is 36.4 Å². The Morgan fingerprint density at radius 3 is 0.730 bits per heavy atom. The molecule has 18 heteroatoms. The summed E-state index contributed by atoms with van der Waals surface area (Å²) in [4.78, 5) is 0. The lowest BCUT2D eigenvalue weighted by molar-refractivity contribution is 0.00578. The lowest BCUT2D eigenvalue weighted by Crippen LogP contribution is -2.41. The highest BCUT2D eigenvalue weighted by Gasteiger charge is 2.55. The molecule has 330 valence electrons. The zero-order valence-electron chi connectivity index (χ0n) is 37.9. The van der Waals surface area contributed by atoms with Gasteiger partial charge in [0.25, 0.3) is 0 Å². The summed E-state index contributed by atoms with van der Waals surface area (Å²) in [5.74, 6) is -1.38. The van der Waals surface area contributed by atoms with Crippen molar-refractivity contribution >= 4 is 37.7 Å². The molecule has 0 amide bonds. The Hall–Kier alpha value is -4.97. The number of para-hydroxylation sites is 3. The average molecular weight is 864 g/mol. The number of hydrogen-bond acceptors (Lipinski definition) is 9. The van der Waals surface area contributed by atoms with Gasteiger partial charge in [0, 0.05) is 0 Å². The molecular formula is C45H54B3F3N6O6. The number of halogens is 3. The highest BCUT2D eigenvalue weighted by Crippen LogP contribution is 2.39. The van der Waals surface area contributed by atoms with Crippen molar-refractivity contribution < 1.29 is 41.1 Å². The van der Waals surface area contributed by atoms with Crippen molar-refractivity contribution in [1.82, 2.24) is 29.3 Å². The standard InChI is InChI=1S/3C15H18BFN2O2/c3*1-14(2)15(3,4)21-16(20-14)12-10-18-19(13(12)17)11-8-6-5-7-9-11/h3*5-10H,1-4H3. The molecular weight excluding hydrogens is 810 g/mol. The van der Waals surface area contributed by atoms with Gasteiger partial charge in [-0.3, -0.25) is 0 Å². The second kappa shape index (κ2) is 16.9. The van der Waals surface area contributed by atoms with Gasteiger partial charge in [-0.2, -0.15) is 28.5 Å². The fraction of sp³-hybridized carbons (Fsp3) is 0.400. The second-order valence-corrected chi connectivity index (χ2v) is 18.7. The summed E-state index contributed by atoms with van der Waals surface area (Å²) in [7, 11) is -2.23. The quantitative estimate of drug-likeness (QED) is 0.165. The topological polar surface area (TPSA) is 109 Å². The van der Waals surface area contributed by atoms with Crippen LogP contribution in [0.2, 0.25) is 0 Å². The first-order valence-electron chi connectivity index (χ1n) is 20.9. The zero-order chi connectivity index (χ0) is 45.8. The fourth-order valence-corrected chi connectivity index (χ4v) is 6.67. The van der Waals surface area contributed by atoms with Crippen molar-refractivity contribution in [3.05, 3.63) is 127 Å². The Balaban J connectivity index is 0.000000142. The number of rotatable bonds is 6. The van der Waals surface area contributed by atoms with E-state index in [2.05, 4.69) is 15.3 Å². The van der Waals surface area contributed by atoms with Gasteiger partial charge < -0.3 is 27.9 Å². The van der Waals surface area contributed by atoms with Gasteiger partial charge in [-0.05, 0) is 119 Å². The van der Waals surface area contributed by atoms with E-state index in [1.807, 2.05) is 138 Å². The van der Waals surface area contributed by atoms with Gasteiger partial charge >= 0.3 is 21.4 Å². The second-order valence-electron chi connectivity index (χ2n) is 18.7. The molecule has 3 aliphatic rings. The van der Waals surface area contributed by atoms with Gasteiger partial charge in [-0.1, -0.05) is 54.6 Å². The summed E-state index contributed by atoms with van der Waals surface area (Å²) >= 11 is 0. The molecule has 0 atom stereocenters. The first kappa shape index (κ1) is 46.0. The first-order chi connectivity index (χ1) is 29.5. The van der Waals surface area contributed by atoms with E-state index >= 15 is 0 Å². The van der Waals surface area contributed by atoms with Crippen LogP contribution < -0.4 is 16.4 Å². The van der Waals surface area contributed by atoms with E-state index in [1.165, 1.54) is 32.6 Å². The minimum Gasteiger partial charge on any atom is -0.399 e. The van der Waals surface area contributed by atoms with Crippen LogP contribution >= 0.6 is 0 Å². The number of aromatic nitrogens is 6. The van der Waals surface area contributed by atoms with E-state index in [0.717, 1.165) is 0 Å². The lowest BCUT2D eigenvalue weighted by Gasteiger charge is -2.32. The summed E-state index contributed by atoms with van der Waals surface area (Å²) < 4.78 is 82.8. The predicted octanol–water partition coefficient (Wildman–Crippen LogP) is 6.93. The lowest BCUT2D eigenvalue weighted by atomic mass is 9.81. The summed E-state index contributed by atoms with van der Waals surface area (Å²) in [5.41, 5.74) is -0.0610. The van der Waals surface area contributed by atoms with Gasteiger partial charge in [-0.15, -0.1) is 0 Å². The van der Waals surface area contributed by atoms with Crippen LogP contribution in [-0.2, 0) is 27.9 Å². The summed E-state index contributed by atoms with van der Waals surface area (Å²) in [6.07, 6.45) is 4.39. The Bertz CT molecular complexity index is 2190. The van der Waals surface area contributed by atoms with Gasteiger partial charge in [0.1, 0.15) is 0 Å². The first-order valence-corrected chi connectivity index (χ1v) is 20.9. The molecule has 0 spiro atoms. The van der Waals surface area contributed by atoms with Crippen molar-refractivity contribution in [3.8, 4) is 17.1 Å². The maximum absolute atomic E-state index is 14.6. The minimum absolute atomic E-state index is 0.317. The van der Waals surface area contributed by atoms with Gasteiger partial charge in [0.15, 0.2) is 0 Å². The van der Waals surface area contributed by atoms with Crippen LogP contribution in [0.15, 0.2) is 110 Å². The minimum atomic E-state index is -0.743. The van der Waals surface area contributed by atoms with E-state index in [0.29, 0.717) is 33.5 Å². The summed E-state index contributed by atoms with van der Waals surface area (Å²) in [6, 6.07) is 27.4. The largest absolute Gasteiger partial charge is 0.501 e. The van der Waals surface area contributed by atoms with Crippen molar-refractivity contribution in [2.45, 2.75) is 117 Å². The molecule has 3 aromatic heterocycles. The van der Waals surface area contributed by atoms with Crippen LogP contribution in [0.3, 0.4) is 0 Å². The summed E-state index contributed by atoms with van der Waals surface area (Å²) in [5, 5.41) is 12.3. The van der Waals surface area contributed by atoms with Crippen LogP contribution in [0.4, 0.5) is 13.2 Å². The maximum atomic E-state index is 14.6. The number of hydrogen-bond donors (Lipinski definition) is 0. The van der Waals surface area contributed by atoms with E-state index in [9.17, 15) is 13.2 Å². The molecule has 3 aliphatic heterocycles. The van der Waals surface area contributed by atoms with E-state index in [4.69, 9.17) is 27.9 Å². The molecule has 9 rings (SSSR count). The molecule has 0 radical (unpaired) electrons. The Labute approximate surface area is 368 Å². The molecule has 63 heavy (non-hydrogen) atoms. The van der Waals surface area contributed by atoms with E-state index in [-0.39, 0.29) is 0 Å². The SMILES string of the molecule is CC1(C)OB(c2cnn(-c3ccccc3)c2F)OC1(C)C.CC1(C)OB(c2cnn(-c3ccccc3)c2F)OC1(C)C.CC1(C)OB(c2cnn(-c3ccccc3)c2F)OC1(C)C. The van der Waals surface area contributed by atoms with Crippen molar-refractivity contribution in [1.29, 1.82) is 0 Å². The third kappa shape index (κ3) is 8.94. The van der Waals surface area contributed by atoms with Gasteiger partial charge in [0.2, 0.25) is 17.8 Å². The molecule has 0 unspecified atom stereocenters. The zero-order valence-corrected chi connectivity index (χ0v) is 37.9. The molecule has 3 fully saturated rings. The van der Waals surface area contributed by atoms with Crippen molar-refractivity contribution in [2.75, 3.05) is 0 Å². The van der Waals surface area contributed by atoms with Crippen LogP contribution in [0.25, 0.3) is 17.1 Å². The fourth-order valence-electron chi connectivity index (χ4n) is 6.67. The molecule has 0 saturated carbocycles. The summed E-state index contributed by atoms with van der Waals surface area (Å²) in [6.45, 7) is 23.2. The molecule has 0 bridgehead atoms. The number of nitrogens with zero attached hydrogens (tertiary/aromatic N) is 6. The molecule has 12 nitrogen and oxygen atoms in total. The Morgan fingerprint density at radius 1 is 0.349 bits per heavy atom. The molecule has 6 heterocycles. The number of benzene rings is 3. The third-order valence-corrected chi connectivity index (χ3v) is 12.7. The molecule has 0 N–H and O–H groups in total. The predicted molar refractivity (Wildman–Crippen MR) is 238 cm³/mol. The Kier molecular flexibility index (Phi) is 12.3. The molecule has 0 aliphatic carbocycles. The van der Waals surface area contributed by atoms with Crippen LogP contribution in [-0.4, -0.2) is 84.3 Å². The maximum Gasteiger partial charge on any atom is 0.501 e. The average Bonchev–Trinajstić information content (AvgIpc) is 4.03. The van der Waals surface area contributed by atoms with Gasteiger partial charge in [0.05, 0.1) is 85.6 Å². The molecule has 3 saturated heterocycles. The van der Waals surface area contributed by atoms with Crippen molar-refractivity contribution in [3.63, 3.8) is 0 Å². The third-order valence-electron chi connectivity index (χ3n) is 12.7. The van der Waals surface area contributed by atoms with Crippen LogP contribution in [0.1, 0.15) is 83.1 Å². The molecule has 3 aromatic carbocycles. The van der Waals surface area contributed by atoms with Crippen molar-refractivity contribution in [2.24, 2.45) is 0 Å². The molecule has 6 aromatic rings. The van der Waals surface area contributed by atoms with Crippen LogP contribution in [0, 0.1) is 17.8 Å².